The van der Waals surface area contributed by atoms with Gasteiger partial charge in [-0.15, -0.1) is 0 Å². The van der Waals surface area contributed by atoms with E-state index in [1.165, 1.54) is 18.7 Å². The molecule has 0 aromatic heterocycles. The average Bonchev–Trinajstić information content (AvgIpc) is 2.91. The summed E-state index contributed by atoms with van der Waals surface area (Å²) < 4.78 is 64.1. The number of rotatable bonds is 4. The van der Waals surface area contributed by atoms with Gasteiger partial charge in [-0.05, 0) is 62.9 Å². The van der Waals surface area contributed by atoms with Crippen LogP contribution in [-0.2, 0) is 16.0 Å². The predicted molar refractivity (Wildman–Crippen MR) is 106 cm³/mol. The Balaban J connectivity index is 1.54. The molecule has 0 spiro atoms. The van der Waals surface area contributed by atoms with Crippen molar-refractivity contribution in [3.63, 3.8) is 0 Å². The van der Waals surface area contributed by atoms with Gasteiger partial charge in [0.15, 0.2) is 9.84 Å². The summed E-state index contributed by atoms with van der Waals surface area (Å²) in [6.45, 7) is 2.96. The molecule has 0 N–H and O–H groups in total. The first-order valence-corrected chi connectivity index (χ1v) is 11.2. The van der Waals surface area contributed by atoms with Gasteiger partial charge in [0.25, 0.3) is 11.8 Å². The molecule has 1 fully saturated rings. The van der Waals surface area contributed by atoms with Crippen molar-refractivity contribution in [1.82, 2.24) is 4.90 Å². The van der Waals surface area contributed by atoms with Crippen LogP contribution in [0.15, 0.2) is 53.4 Å². The standard InChI is InChI=1S/C22H20F3NO4S/c1-21(2,31(29,30)16-7-5-6-13(12-16)22(23,24)25)14-10-15(11-14)26-19(27)17-8-3-4-9-18(17)20(26)28/h3-9,12,14-15H,10-11H2,1-2H3/t14-,15-. The molecule has 4 rings (SSSR count). The fourth-order valence-electron chi connectivity index (χ4n) is 4.27. The van der Waals surface area contributed by atoms with E-state index in [1.54, 1.807) is 24.3 Å². The molecule has 2 aliphatic rings. The lowest BCUT2D eigenvalue weighted by Gasteiger charge is -2.47. The largest absolute Gasteiger partial charge is 0.416 e. The zero-order valence-corrected chi connectivity index (χ0v) is 17.6. The first kappa shape index (κ1) is 21.5. The number of halogens is 3. The van der Waals surface area contributed by atoms with Crippen LogP contribution >= 0.6 is 0 Å². The molecular weight excluding hydrogens is 431 g/mol. The van der Waals surface area contributed by atoms with E-state index in [0.29, 0.717) is 17.2 Å². The van der Waals surface area contributed by atoms with Crippen LogP contribution in [0.1, 0.15) is 53.0 Å². The Morgan fingerprint density at radius 1 is 0.903 bits per heavy atom. The number of carbonyl (C=O) groups is 2. The van der Waals surface area contributed by atoms with Crippen molar-refractivity contribution < 1.29 is 31.2 Å². The van der Waals surface area contributed by atoms with Crippen molar-refractivity contribution in [2.75, 3.05) is 0 Å². The van der Waals surface area contributed by atoms with Crippen LogP contribution in [0.25, 0.3) is 0 Å². The van der Waals surface area contributed by atoms with Crippen molar-refractivity contribution in [1.29, 1.82) is 0 Å². The van der Waals surface area contributed by atoms with Gasteiger partial charge in [0.2, 0.25) is 0 Å². The van der Waals surface area contributed by atoms with E-state index < -0.39 is 55.0 Å². The SMILES string of the molecule is CC(C)([C@H]1C[C@H](N2C(=O)c3ccccc3C2=O)C1)S(=O)(=O)c1cccc(C(F)(F)F)c1. The highest BCUT2D eigenvalue weighted by atomic mass is 32.2. The minimum absolute atomic E-state index is 0.274. The normalized spacial score (nSPS) is 21.8. The summed E-state index contributed by atoms with van der Waals surface area (Å²) in [5.41, 5.74) is -0.375. The van der Waals surface area contributed by atoms with E-state index in [-0.39, 0.29) is 12.8 Å². The third-order valence-electron chi connectivity index (χ3n) is 6.45. The summed E-state index contributed by atoms with van der Waals surface area (Å²) in [6, 6.07) is 9.77. The second-order valence-corrected chi connectivity index (χ2v) is 11.0. The van der Waals surface area contributed by atoms with E-state index in [0.717, 1.165) is 18.2 Å². The minimum atomic E-state index is -4.65. The number of sulfone groups is 1. The quantitative estimate of drug-likeness (QED) is 0.649. The number of imide groups is 1. The van der Waals surface area contributed by atoms with Gasteiger partial charge in [-0.1, -0.05) is 18.2 Å². The highest BCUT2D eigenvalue weighted by Gasteiger charge is 2.53. The summed E-state index contributed by atoms with van der Waals surface area (Å²) in [5.74, 6) is -1.22. The molecule has 2 amide bonds. The number of amides is 2. The van der Waals surface area contributed by atoms with Crippen LogP contribution in [0.3, 0.4) is 0 Å². The van der Waals surface area contributed by atoms with Gasteiger partial charge in [-0.25, -0.2) is 8.42 Å². The molecule has 9 heteroatoms. The fourth-order valence-corrected chi connectivity index (χ4v) is 6.05. The molecule has 1 saturated carbocycles. The number of hydrogen-bond donors (Lipinski definition) is 0. The highest BCUT2D eigenvalue weighted by Crippen LogP contribution is 2.47. The maximum absolute atomic E-state index is 13.2. The van der Waals surface area contributed by atoms with E-state index >= 15 is 0 Å². The molecule has 5 nitrogen and oxygen atoms in total. The van der Waals surface area contributed by atoms with Crippen LogP contribution in [0, 0.1) is 5.92 Å². The third kappa shape index (κ3) is 3.26. The molecular formula is C22H20F3NO4S. The summed E-state index contributed by atoms with van der Waals surface area (Å²) in [4.78, 5) is 26.0. The minimum Gasteiger partial charge on any atom is -0.271 e. The molecule has 2 aromatic carbocycles. The summed E-state index contributed by atoms with van der Waals surface area (Å²) in [7, 11) is -4.10. The molecule has 0 radical (unpaired) electrons. The number of benzene rings is 2. The second kappa shape index (κ2) is 6.91. The van der Waals surface area contributed by atoms with Crippen LogP contribution < -0.4 is 0 Å². The van der Waals surface area contributed by atoms with Crippen LogP contribution in [0.2, 0.25) is 0 Å². The first-order chi connectivity index (χ1) is 14.4. The van der Waals surface area contributed by atoms with Crippen molar-refractivity contribution in [2.45, 2.75) is 48.5 Å². The van der Waals surface area contributed by atoms with Gasteiger partial charge < -0.3 is 0 Å². The molecule has 31 heavy (non-hydrogen) atoms. The van der Waals surface area contributed by atoms with Crippen LogP contribution in [0.5, 0.6) is 0 Å². The van der Waals surface area contributed by atoms with Crippen LogP contribution in [0.4, 0.5) is 13.2 Å². The number of alkyl halides is 3. The summed E-state index contributed by atoms with van der Waals surface area (Å²) in [5, 5.41) is 0. The van der Waals surface area contributed by atoms with Crippen LogP contribution in [-0.4, -0.2) is 35.9 Å². The first-order valence-electron chi connectivity index (χ1n) is 9.74. The Bertz CT molecular complexity index is 1150. The number of nitrogens with zero attached hydrogens (tertiary/aromatic N) is 1. The van der Waals surface area contributed by atoms with Gasteiger partial charge >= 0.3 is 6.18 Å². The van der Waals surface area contributed by atoms with E-state index in [9.17, 15) is 31.2 Å². The van der Waals surface area contributed by atoms with E-state index in [1.807, 2.05) is 0 Å². The Morgan fingerprint density at radius 3 is 1.97 bits per heavy atom. The molecule has 0 saturated heterocycles. The van der Waals surface area contributed by atoms with Gasteiger partial charge in [0.05, 0.1) is 26.3 Å². The maximum Gasteiger partial charge on any atom is 0.416 e. The van der Waals surface area contributed by atoms with Gasteiger partial charge in [0.1, 0.15) is 0 Å². The number of hydrogen-bond acceptors (Lipinski definition) is 4. The Hall–Kier alpha value is -2.68. The second-order valence-electron chi connectivity index (χ2n) is 8.48. The molecule has 164 valence electrons. The topological polar surface area (TPSA) is 71.5 Å². The predicted octanol–water partition coefficient (Wildman–Crippen LogP) is 4.33. The highest BCUT2D eigenvalue weighted by molar-refractivity contribution is 7.92. The smallest absolute Gasteiger partial charge is 0.271 e. The maximum atomic E-state index is 13.2. The van der Waals surface area contributed by atoms with Gasteiger partial charge in [-0.3, -0.25) is 14.5 Å². The summed E-state index contributed by atoms with van der Waals surface area (Å²) >= 11 is 0. The van der Waals surface area contributed by atoms with E-state index in [2.05, 4.69) is 0 Å². The van der Waals surface area contributed by atoms with Gasteiger partial charge in [0, 0.05) is 6.04 Å². The number of carbonyl (C=O) groups excluding carboxylic acids is 2. The lowest BCUT2D eigenvalue weighted by Crippen LogP contribution is -2.55. The lowest BCUT2D eigenvalue weighted by molar-refractivity contribution is -0.137. The Kier molecular flexibility index (Phi) is 4.81. The molecule has 0 unspecified atom stereocenters. The molecule has 0 bridgehead atoms. The monoisotopic (exact) mass is 451 g/mol. The zero-order valence-electron chi connectivity index (χ0n) is 16.8. The van der Waals surface area contributed by atoms with Crippen molar-refractivity contribution in [3.05, 3.63) is 65.2 Å². The Labute approximate surface area is 177 Å². The average molecular weight is 451 g/mol. The Morgan fingerprint density at radius 2 is 1.45 bits per heavy atom. The molecule has 0 atom stereocenters. The molecule has 1 heterocycles. The van der Waals surface area contributed by atoms with Gasteiger partial charge in [-0.2, -0.15) is 13.2 Å². The third-order valence-corrected chi connectivity index (χ3v) is 9.04. The van der Waals surface area contributed by atoms with Crippen molar-refractivity contribution in [2.24, 2.45) is 5.92 Å². The van der Waals surface area contributed by atoms with E-state index in [4.69, 9.17) is 0 Å². The molecule has 2 aromatic rings. The zero-order chi connectivity index (χ0) is 22.8. The summed E-state index contributed by atoms with van der Waals surface area (Å²) in [6.07, 6.45) is -4.10. The fraction of sp³-hybridized carbons (Fsp3) is 0.364. The molecule has 1 aliphatic carbocycles. The molecule has 1 aliphatic heterocycles. The van der Waals surface area contributed by atoms with Crippen molar-refractivity contribution in [3.8, 4) is 0 Å². The lowest BCUT2D eigenvalue weighted by atomic mass is 9.72. The number of fused-ring (bicyclic) bond motifs is 1. The van der Waals surface area contributed by atoms with Crippen molar-refractivity contribution >= 4 is 21.7 Å².